The first-order valence-electron chi connectivity index (χ1n) is 8.38. The average molecular weight is 377 g/mol. The lowest BCUT2D eigenvalue weighted by Gasteiger charge is -2.15. The number of nitrogens with two attached hydrogens (primary N) is 1. The molecule has 0 saturated carbocycles. The lowest BCUT2D eigenvalue weighted by Crippen LogP contribution is -2.90. The summed E-state index contributed by atoms with van der Waals surface area (Å²) in [7, 11) is 0. The molecule has 7 heteroatoms. The highest BCUT2D eigenvalue weighted by Gasteiger charge is 2.31. The molecule has 1 saturated heterocycles. The van der Waals surface area contributed by atoms with Crippen LogP contribution in [0.2, 0.25) is 0 Å². The fourth-order valence-corrected chi connectivity index (χ4v) is 4.02. The molecule has 2 aromatic rings. The van der Waals surface area contributed by atoms with Crippen LogP contribution in [0.4, 0.5) is 4.39 Å². The second-order valence-corrected chi connectivity index (χ2v) is 7.10. The Morgan fingerprint density at radius 3 is 2.65 bits per heavy atom. The van der Waals surface area contributed by atoms with E-state index in [-0.39, 0.29) is 11.2 Å². The molecular weight excluding hydrogens is 357 g/mol. The van der Waals surface area contributed by atoms with Gasteiger partial charge in [0.1, 0.15) is 24.4 Å². The van der Waals surface area contributed by atoms with E-state index in [4.69, 9.17) is 9.47 Å². The van der Waals surface area contributed by atoms with Gasteiger partial charge >= 0.3 is 0 Å². The number of carboxylic acids is 1. The second kappa shape index (κ2) is 8.42. The number of aliphatic carboxylic acids is 1. The summed E-state index contributed by atoms with van der Waals surface area (Å²) in [6.07, 6.45) is 0. The van der Waals surface area contributed by atoms with E-state index in [2.05, 4.69) is 0 Å². The van der Waals surface area contributed by atoms with Gasteiger partial charge in [-0.3, -0.25) is 0 Å². The summed E-state index contributed by atoms with van der Waals surface area (Å²) in [5, 5.41) is 12.8. The van der Waals surface area contributed by atoms with Gasteiger partial charge < -0.3 is 24.7 Å². The van der Waals surface area contributed by atoms with Crippen molar-refractivity contribution >= 4 is 17.7 Å². The SMILES string of the molecule is CCOc1cc([C@@H]2[NH2+][C@H](C(=O)[O-])CS2)ccc1OCc1ccc(F)cc1. The number of ether oxygens (including phenoxy) is 2. The normalized spacial score (nSPS) is 19.3. The number of benzene rings is 2. The first-order chi connectivity index (χ1) is 12.6. The predicted octanol–water partition coefficient (Wildman–Crippen LogP) is 1.23. The number of rotatable bonds is 7. The molecule has 0 unspecified atom stereocenters. The van der Waals surface area contributed by atoms with Crippen LogP contribution in [0.5, 0.6) is 11.5 Å². The molecule has 1 aliphatic rings. The number of carboxylic acid groups (broad SMARTS) is 1. The van der Waals surface area contributed by atoms with Gasteiger partial charge in [0, 0.05) is 5.56 Å². The number of thioether (sulfide) groups is 1. The van der Waals surface area contributed by atoms with Crippen LogP contribution in [-0.2, 0) is 11.4 Å². The van der Waals surface area contributed by atoms with Crippen LogP contribution in [0.15, 0.2) is 42.5 Å². The van der Waals surface area contributed by atoms with Crippen molar-refractivity contribution in [3.8, 4) is 11.5 Å². The third-order valence-electron chi connectivity index (χ3n) is 4.07. The van der Waals surface area contributed by atoms with Crippen molar-refractivity contribution in [2.45, 2.75) is 24.9 Å². The summed E-state index contributed by atoms with van der Waals surface area (Å²) in [5.74, 6) is 0.398. The first-order valence-corrected chi connectivity index (χ1v) is 9.43. The van der Waals surface area contributed by atoms with Crippen LogP contribution in [0, 0.1) is 5.82 Å². The number of carbonyl (C=O) groups is 1. The standard InChI is InChI=1S/C19H20FNO4S/c1-2-24-17-9-13(18-21-15(11-26-18)19(22)23)5-8-16(17)25-10-12-3-6-14(20)7-4-12/h3-9,15,18,21H,2,10-11H2,1H3,(H,22,23)/t15-,18+/m0/s1. The molecule has 2 atom stereocenters. The molecular formula is C19H20FNO4S. The number of hydrogen-bond acceptors (Lipinski definition) is 5. The summed E-state index contributed by atoms with van der Waals surface area (Å²) >= 11 is 1.57. The minimum absolute atomic E-state index is 0.0109. The Kier molecular flexibility index (Phi) is 6.00. The van der Waals surface area contributed by atoms with Crippen LogP contribution < -0.4 is 19.9 Å². The topological polar surface area (TPSA) is 75.2 Å². The van der Waals surface area contributed by atoms with E-state index in [0.29, 0.717) is 30.5 Å². The van der Waals surface area contributed by atoms with E-state index in [9.17, 15) is 14.3 Å². The van der Waals surface area contributed by atoms with Gasteiger partial charge in [-0.1, -0.05) is 23.9 Å². The largest absolute Gasteiger partial charge is 0.544 e. The Morgan fingerprint density at radius 2 is 2.00 bits per heavy atom. The van der Waals surface area contributed by atoms with Gasteiger partial charge in [-0.2, -0.15) is 0 Å². The molecule has 26 heavy (non-hydrogen) atoms. The smallest absolute Gasteiger partial charge is 0.161 e. The molecule has 1 heterocycles. The first kappa shape index (κ1) is 18.5. The third kappa shape index (κ3) is 4.47. The van der Waals surface area contributed by atoms with Crippen LogP contribution in [0.3, 0.4) is 0 Å². The maximum absolute atomic E-state index is 13.0. The molecule has 0 spiro atoms. The molecule has 0 bridgehead atoms. The molecule has 1 aliphatic heterocycles. The molecule has 2 N–H and O–H groups in total. The van der Waals surface area contributed by atoms with E-state index < -0.39 is 12.0 Å². The van der Waals surface area contributed by atoms with Gasteiger partial charge in [0.2, 0.25) is 0 Å². The summed E-state index contributed by atoms with van der Waals surface area (Å²) in [6, 6.07) is 11.2. The van der Waals surface area contributed by atoms with Gasteiger partial charge in [-0.05, 0) is 42.8 Å². The molecule has 5 nitrogen and oxygen atoms in total. The average Bonchev–Trinajstić information content (AvgIpc) is 3.13. The van der Waals surface area contributed by atoms with E-state index in [0.717, 1.165) is 11.1 Å². The van der Waals surface area contributed by atoms with Crippen molar-refractivity contribution < 1.29 is 29.1 Å². The van der Waals surface area contributed by atoms with Crippen molar-refractivity contribution in [3.63, 3.8) is 0 Å². The number of quaternary nitrogens is 1. The zero-order valence-corrected chi connectivity index (χ0v) is 15.1. The van der Waals surface area contributed by atoms with Gasteiger partial charge in [0.25, 0.3) is 0 Å². The maximum Gasteiger partial charge on any atom is 0.161 e. The van der Waals surface area contributed by atoms with Crippen LogP contribution in [-0.4, -0.2) is 24.4 Å². The number of halogens is 1. The Bertz CT molecular complexity index is 769. The summed E-state index contributed by atoms with van der Waals surface area (Å²) in [5.41, 5.74) is 1.82. The molecule has 0 radical (unpaired) electrons. The van der Waals surface area contributed by atoms with Crippen molar-refractivity contribution in [3.05, 3.63) is 59.4 Å². The fourth-order valence-electron chi connectivity index (χ4n) is 2.71. The maximum atomic E-state index is 13.0. The zero-order valence-electron chi connectivity index (χ0n) is 14.3. The summed E-state index contributed by atoms with van der Waals surface area (Å²) in [4.78, 5) is 11.0. The highest BCUT2D eigenvalue weighted by Crippen LogP contribution is 2.34. The van der Waals surface area contributed by atoms with Crippen molar-refractivity contribution in [1.82, 2.24) is 0 Å². The van der Waals surface area contributed by atoms with Crippen molar-refractivity contribution in [2.24, 2.45) is 0 Å². The number of hydrogen-bond donors (Lipinski definition) is 1. The quantitative estimate of drug-likeness (QED) is 0.786. The van der Waals surface area contributed by atoms with Crippen molar-refractivity contribution in [1.29, 1.82) is 0 Å². The minimum atomic E-state index is -1.04. The van der Waals surface area contributed by atoms with Crippen LogP contribution in [0.25, 0.3) is 0 Å². The van der Waals surface area contributed by atoms with E-state index in [1.807, 2.05) is 25.1 Å². The Morgan fingerprint density at radius 1 is 1.23 bits per heavy atom. The van der Waals surface area contributed by atoms with E-state index in [1.165, 1.54) is 12.1 Å². The molecule has 2 aromatic carbocycles. The van der Waals surface area contributed by atoms with Gasteiger partial charge in [-0.15, -0.1) is 0 Å². The Balaban J connectivity index is 1.72. The lowest BCUT2D eigenvalue weighted by atomic mass is 10.2. The molecule has 3 rings (SSSR count). The summed E-state index contributed by atoms with van der Waals surface area (Å²) < 4.78 is 24.5. The van der Waals surface area contributed by atoms with Crippen LogP contribution >= 0.6 is 11.8 Å². The van der Waals surface area contributed by atoms with E-state index >= 15 is 0 Å². The van der Waals surface area contributed by atoms with E-state index in [1.54, 1.807) is 29.2 Å². The van der Waals surface area contributed by atoms with Gasteiger partial charge in [0.15, 0.2) is 16.9 Å². The Labute approximate surface area is 155 Å². The highest BCUT2D eigenvalue weighted by atomic mass is 32.2. The lowest BCUT2D eigenvalue weighted by molar-refractivity contribution is -0.690. The second-order valence-electron chi connectivity index (χ2n) is 5.93. The predicted molar refractivity (Wildman–Crippen MR) is 94.3 cm³/mol. The van der Waals surface area contributed by atoms with Gasteiger partial charge in [-0.25, -0.2) is 4.39 Å². The zero-order chi connectivity index (χ0) is 18.5. The minimum Gasteiger partial charge on any atom is -0.544 e. The van der Waals surface area contributed by atoms with Crippen molar-refractivity contribution in [2.75, 3.05) is 12.4 Å². The van der Waals surface area contributed by atoms with Gasteiger partial charge in [0.05, 0.1) is 12.4 Å². The monoisotopic (exact) mass is 377 g/mol. The molecule has 0 aliphatic carbocycles. The summed E-state index contributed by atoms with van der Waals surface area (Å²) in [6.45, 7) is 2.68. The fraction of sp³-hybridized carbons (Fsp3) is 0.316. The molecule has 0 aromatic heterocycles. The Hall–Kier alpha value is -2.25. The molecule has 138 valence electrons. The van der Waals surface area contributed by atoms with Crippen LogP contribution in [0.1, 0.15) is 23.4 Å². The molecule has 0 amide bonds. The molecule has 1 fully saturated rings. The number of carbonyl (C=O) groups excluding carboxylic acids is 1. The third-order valence-corrected chi connectivity index (χ3v) is 5.41. The highest BCUT2D eigenvalue weighted by molar-refractivity contribution is 7.99.